The average Bonchev–Trinajstić information content (AvgIpc) is 3.22. The van der Waals surface area contributed by atoms with Crippen LogP contribution in [0.25, 0.3) is 11.2 Å². The highest BCUT2D eigenvalue weighted by Gasteiger charge is 2.30. The van der Waals surface area contributed by atoms with Crippen LogP contribution < -0.4 is 5.73 Å². The molecule has 0 amide bonds. The number of nitrogens with zero attached hydrogens (tertiary/aromatic N) is 4. The molecule has 11 heteroatoms. The average molecular weight is 359 g/mol. The molecule has 1 aliphatic rings. The summed E-state index contributed by atoms with van der Waals surface area (Å²) in [5.41, 5.74) is 6.85. The first-order valence-corrected chi connectivity index (χ1v) is 9.11. The van der Waals surface area contributed by atoms with E-state index in [9.17, 15) is 9.46 Å². The lowest BCUT2D eigenvalue weighted by Gasteiger charge is -2.16. The molecule has 3 rings (SSSR count). The summed E-state index contributed by atoms with van der Waals surface area (Å²) in [7, 11) is -2.88. The number of fused-ring (bicyclic) bond motifs is 1. The van der Waals surface area contributed by atoms with E-state index in [1.807, 2.05) is 13.8 Å². The molecule has 0 spiro atoms. The van der Waals surface area contributed by atoms with Gasteiger partial charge in [0, 0.05) is 7.11 Å². The van der Waals surface area contributed by atoms with Gasteiger partial charge in [-0.2, -0.15) is 0 Å². The number of imidazole rings is 1. The summed E-state index contributed by atoms with van der Waals surface area (Å²) in [6, 6.07) is 0. The normalized spacial score (nSPS) is 22.8. The van der Waals surface area contributed by atoms with Gasteiger partial charge in [0.25, 0.3) is 0 Å². The van der Waals surface area contributed by atoms with Crippen molar-refractivity contribution in [1.29, 1.82) is 0 Å². The topological polar surface area (TPSA) is 135 Å². The molecule has 3 unspecified atom stereocenters. The Hall–Kier alpha value is -1.58. The molecule has 0 bridgehead atoms. The van der Waals surface area contributed by atoms with Gasteiger partial charge in [-0.05, 0) is 12.8 Å². The lowest BCUT2D eigenvalue weighted by Crippen LogP contribution is -2.16. The Labute approximate surface area is 139 Å². The van der Waals surface area contributed by atoms with Gasteiger partial charge >= 0.3 is 7.82 Å². The molecule has 3 heterocycles. The van der Waals surface area contributed by atoms with E-state index in [1.54, 1.807) is 10.9 Å². The number of nitrogen functional groups attached to an aromatic ring is 1. The number of rotatable bonds is 5. The highest BCUT2D eigenvalue weighted by Crippen LogP contribution is 2.43. The summed E-state index contributed by atoms with van der Waals surface area (Å²) in [6.45, 7) is 3.97. The summed E-state index contributed by atoms with van der Waals surface area (Å²) in [5.74, 6) is 0.308. The number of phosphoric acid groups is 1. The summed E-state index contributed by atoms with van der Waals surface area (Å²) in [6.07, 6.45) is 3.74. The van der Waals surface area contributed by atoms with Crippen LogP contribution in [-0.4, -0.2) is 44.2 Å². The summed E-state index contributed by atoms with van der Waals surface area (Å²) in [5, 5.41) is 0. The van der Waals surface area contributed by atoms with E-state index in [4.69, 9.17) is 15.0 Å². The maximum atomic E-state index is 11.3. The minimum atomic E-state index is -3.99. The Morgan fingerprint density at radius 2 is 2.17 bits per heavy atom. The smallest absolute Gasteiger partial charge is 0.382 e. The number of phosphoric ester groups is 1. The largest absolute Gasteiger partial charge is 0.472 e. The lowest BCUT2D eigenvalue weighted by atomic mass is 10.2. The van der Waals surface area contributed by atoms with Crippen LogP contribution >= 0.6 is 7.82 Å². The van der Waals surface area contributed by atoms with Gasteiger partial charge < -0.3 is 15.4 Å². The standard InChI is InChI=1S/C11H16N5O5P.C2H6/c1-19-22(17,18)20-4-7-2-3-8(21-7)16-6-15-9-10(12)13-5-14-11(9)16;1-2/h5-8H,2-4H2,1H3,(H,17,18)(H2,12,13,14);1-2H3. The predicted molar refractivity (Wildman–Crippen MR) is 87.0 cm³/mol. The van der Waals surface area contributed by atoms with E-state index >= 15 is 0 Å². The second-order valence-electron chi connectivity index (χ2n) is 4.82. The third-order valence-corrected chi connectivity index (χ3v) is 4.37. The highest BCUT2D eigenvalue weighted by atomic mass is 31.2. The molecule has 134 valence electrons. The predicted octanol–water partition coefficient (Wildman–Crippen LogP) is 1.88. The number of ether oxygens (including phenoxy) is 1. The van der Waals surface area contributed by atoms with Crippen molar-refractivity contribution in [2.75, 3.05) is 19.5 Å². The van der Waals surface area contributed by atoms with E-state index in [0.29, 0.717) is 29.8 Å². The second kappa shape index (κ2) is 8.00. The fourth-order valence-electron chi connectivity index (χ4n) is 2.32. The van der Waals surface area contributed by atoms with Gasteiger partial charge in [-0.15, -0.1) is 0 Å². The zero-order valence-electron chi connectivity index (χ0n) is 13.8. The quantitative estimate of drug-likeness (QED) is 0.767. The monoisotopic (exact) mass is 359 g/mol. The molecular weight excluding hydrogens is 337 g/mol. The van der Waals surface area contributed by atoms with Crippen molar-refractivity contribution in [2.24, 2.45) is 0 Å². The summed E-state index contributed by atoms with van der Waals surface area (Å²) < 4.78 is 28.0. The van der Waals surface area contributed by atoms with Gasteiger partial charge in [-0.1, -0.05) is 13.8 Å². The van der Waals surface area contributed by atoms with Crippen LogP contribution in [0.5, 0.6) is 0 Å². The molecule has 0 aromatic carbocycles. The van der Waals surface area contributed by atoms with E-state index in [-0.39, 0.29) is 18.9 Å². The Morgan fingerprint density at radius 3 is 2.88 bits per heavy atom. The van der Waals surface area contributed by atoms with Gasteiger partial charge in [-0.25, -0.2) is 19.5 Å². The number of hydrogen-bond acceptors (Lipinski definition) is 8. The molecular formula is C13H22N5O5P. The van der Waals surface area contributed by atoms with Crippen molar-refractivity contribution in [2.45, 2.75) is 39.0 Å². The molecule has 1 aliphatic heterocycles. The molecule has 3 atom stereocenters. The molecule has 1 saturated heterocycles. The van der Waals surface area contributed by atoms with Gasteiger partial charge in [0.05, 0.1) is 19.0 Å². The molecule has 24 heavy (non-hydrogen) atoms. The van der Waals surface area contributed by atoms with Crippen LogP contribution in [0.2, 0.25) is 0 Å². The van der Waals surface area contributed by atoms with Crippen molar-refractivity contribution < 1.29 is 23.2 Å². The minimum Gasteiger partial charge on any atom is -0.382 e. The van der Waals surface area contributed by atoms with Gasteiger partial charge in [0.15, 0.2) is 11.5 Å². The third kappa shape index (κ3) is 4.08. The van der Waals surface area contributed by atoms with Crippen LogP contribution in [0.4, 0.5) is 5.82 Å². The molecule has 10 nitrogen and oxygen atoms in total. The Bertz CT molecular complexity index is 724. The number of aromatic nitrogens is 4. The van der Waals surface area contributed by atoms with Gasteiger partial charge in [-0.3, -0.25) is 13.6 Å². The first-order chi connectivity index (χ1) is 11.5. The van der Waals surface area contributed by atoms with Crippen molar-refractivity contribution in [3.8, 4) is 0 Å². The Balaban J connectivity index is 0.00000100. The Morgan fingerprint density at radius 1 is 1.42 bits per heavy atom. The maximum Gasteiger partial charge on any atom is 0.472 e. The van der Waals surface area contributed by atoms with Crippen LogP contribution in [0.1, 0.15) is 32.9 Å². The molecule has 3 N–H and O–H groups in total. The van der Waals surface area contributed by atoms with E-state index in [1.165, 1.54) is 6.33 Å². The maximum absolute atomic E-state index is 11.3. The lowest BCUT2D eigenvalue weighted by molar-refractivity contribution is -0.0213. The molecule has 2 aromatic heterocycles. The zero-order chi connectivity index (χ0) is 17.7. The number of anilines is 1. The van der Waals surface area contributed by atoms with E-state index in [2.05, 4.69) is 19.5 Å². The Kier molecular flexibility index (Phi) is 6.25. The highest BCUT2D eigenvalue weighted by molar-refractivity contribution is 7.47. The van der Waals surface area contributed by atoms with Crippen molar-refractivity contribution in [1.82, 2.24) is 19.5 Å². The van der Waals surface area contributed by atoms with Crippen LogP contribution in [-0.2, 0) is 18.3 Å². The fourth-order valence-corrected chi connectivity index (χ4v) is 2.78. The summed E-state index contributed by atoms with van der Waals surface area (Å²) in [4.78, 5) is 21.4. The first kappa shape index (κ1) is 18.8. The van der Waals surface area contributed by atoms with Crippen LogP contribution in [0.15, 0.2) is 12.7 Å². The number of hydrogen-bond donors (Lipinski definition) is 2. The van der Waals surface area contributed by atoms with Crippen molar-refractivity contribution in [3.63, 3.8) is 0 Å². The molecule has 0 aliphatic carbocycles. The van der Waals surface area contributed by atoms with E-state index < -0.39 is 7.82 Å². The fraction of sp³-hybridized carbons (Fsp3) is 0.615. The minimum absolute atomic E-state index is 0.0259. The van der Waals surface area contributed by atoms with Crippen LogP contribution in [0, 0.1) is 0 Å². The third-order valence-electron chi connectivity index (χ3n) is 3.44. The number of nitrogens with two attached hydrogens (primary N) is 1. The molecule has 0 radical (unpaired) electrons. The van der Waals surface area contributed by atoms with Crippen molar-refractivity contribution in [3.05, 3.63) is 12.7 Å². The molecule has 2 aromatic rings. The zero-order valence-corrected chi connectivity index (χ0v) is 14.7. The van der Waals surface area contributed by atoms with Crippen molar-refractivity contribution >= 4 is 24.8 Å². The first-order valence-electron chi connectivity index (χ1n) is 7.61. The molecule has 1 fully saturated rings. The van der Waals surface area contributed by atoms with Gasteiger partial charge in [0.1, 0.15) is 18.1 Å². The summed E-state index contributed by atoms with van der Waals surface area (Å²) >= 11 is 0. The van der Waals surface area contributed by atoms with Gasteiger partial charge in [0.2, 0.25) is 0 Å². The molecule has 0 saturated carbocycles. The van der Waals surface area contributed by atoms with E-state index in [0.717, 1.165) is 7.11 Å². The second-order valence-corrected chi connectivity index (χ2v) is 6.38. The van der Waals surface area contributed by atoms with Crippen LogP contribution in [0.3, 0.4) is 0 Å². The SMILES string of the molecule is CC.COP(=O)(O)OCC1CCC(n2cnc3c(N)ncnc32)O1.